The molecule has 0 radical (unpaired) electrons. The molecule has 10 aromatic heterocycles. The molecule has 0 spiro atoms. The van der Waals surface area contributed by atoms with Crippen LogP contribution in [0.15, 0.2) is 414 Å². The second kappa shape index (κ2) is 27.7. The summed E-state index contributed by atoms with van der Waals surface area (Å²) in [4.78, 5) is 34.5. The third kappa shape index (κ3) is 10.5. The van der Waals surface area contributed by atoms with E-state index in [9.17, 15) is 0 Å². The molecule has 0 fully saturated rings. The molecule has 0 bridgehead atoms. The first-order chi connectivity index (χ1) is 67.4. The summed E-state index contributed by atoms with van der Waals surface area (Å²) in [6.45, 7) is 0. The highest BCUT2D eigenvalue weighted by molar-refractivity contribution is 7.25. The van der Waals surface area contributed by atoms with Gasteiger partial charge in [-0.15, -0.1) is 11.3 Å². The van der Waals surface area contributed by atoms with Crippen LogP contribution in [0.3, 0.4) is 0 Å². The number of para-hydroxylation sites is 5. The van der Waals surface area contributed by atoms with Gasteiger partial charge in [-0.1, -0.05) is 261 Å². The number of thiophene rings is 1. The lowest BCUT2D eigenvalue weighted by atomic mass is 9.94. The number of benzene rings is 21. The molecule has 0 N–H and O–H groups in total. The first kappa shape index (κ1) is 73.5. The minimum atomic E-state index is 0.432. The molecule has 136 heavy (non-hydrogen) atoms. The lowest BCUT2D eigenvalue weighted by Crippen LogP contribution is -2.08. The zero-order valence-corrected chi connectivity index (χ0v) is 73.0. The lowest BCUT2D eigenvalue weighted by molar-refractivity contribution is 0.668. The Morgan fingerprint density at radius 1 is 0.191 bits per heavy atom. The number of rotatable bonds is 9. The van der Waals surface area contributed by atoms with Crippen molar-refractivity contribution in [3.8, 4) is 79.9 Å². The zero-order valence-electron chi connectivity index (χ0n) is 72.2. The smallest absolute Gasteiger partial charge is 0.238 e. The zero-order chi connectivity index (χ0) is 88.4. The van der Waals surface area contributed by atoms with E-state index in [0.29, 0.717) is 57.5 Å². The maximum absolute atomic E-state index is 7.81. The molecule has 0 saturated heterocycles. The van der Waals surface area contributed by atoms with Gasteiger partial charge >= 0.3 is 0 Å². The third-order valence-corrected chi connectivity index (χ3v) is 29.7. The molecule has 0 unspecified atom stereocenters. The van der Waals surface area contributed by atoms with Crippen molar-refractivity contribution in [3.63, 3.8) is 0 Å². The van der Waals surface area contributed by atoms with Gasteiger partial charge in [0.2, 0.25) is 11.9 Å². The van der Waals surface area contributed by atoms with Crippen LogP contribution in [0.1, 0.15) is 0 Å². The minimum absolute atomic E-state index is 0.432. The number of hydrogen-bond acceptors (Lipinski definition) is 10. The number of fused-ring (bicyclic) bond motifs is 31. The summed E-state index contributed by atoms with van der Waals surface area (Å²) in [5.74, 6) is 2.79. The topological polar surface area (TPSA) is 136 Å². The van der Waals surface area contributed by atoms with Gasteiger partial charge in [-0.3, -0.25) is 9.13 Å². The summed E-state index contributed by atoms with van der Waals surface area (Å²) in [6, 6.07) is 144. The molecule has 0 saturated carbocycles. The molecule has 0 atom stereocenters. The van der Waals surface area contributed by atoms with Crippen molar-refractivity contribution < 1.29 is 13.3 Å². The quantitative estimate of drug-likeness (QED) is 0.138. The predicted octanol–water partition coefficient (Wildman–Crippen LogP) is 32.6. The summed E-state index contributed by atoms with van der Waals surface area (Å²) in [7, 11) is 0. The molecule has 21 aromatic carbocycles. The van der Waals surface area contributed by atoms with E-state index in [4.69, 9.17) is 43.2 Å². The fraction of sp³-hybridized carbons (Fsp3) is 0. The van der Waals surface area contributed by atoms with Gasteiger partial charge in [0.15, 0.2) is 23.3 Å². The molecule has 0 amide bonds. The highest BCUT2D eigenvalue weighted by Crippen LogP contribution is 2.52. The van der Waals surface area contributed by atoms with E-state index in [-0.39, 0.29) is 0 Å². The summed E-state index contributed by atoms with van der Waals surface area (Å²) < 4.78 is 34.0. The van der Waals surface area contributed by atoms with Gasteiger partial charge in [-0.2, -0.15) is 19.9 Å². The van der Waals surface area contributed by atoms with E-state index >= 15 is 0 Å². The Bertz CT molecular complexity index is 10700. The van der Waals surface area contributed by atoms with Gasteiger partial charge in [0.1, 0.15) is 33.5 Å². The first-order valence-corrected chi connectivity index (χ1v) is 46.7. The number of furan rings is 3. The van der Waals surface area contributed by atoms with Crippen molar-refractivity contribution >= 4 is 238 Å². The largest absolute Gasteiger partial charge is 0.456 e. The van der Waals surface area contributed by atoms with E-state index in [0.717, 1.165) is 234 Å². The average molecular weight is 1750 g/mol. The second-order valence-corrected chi connectivity index (χ2v) is 36.9. The second-order valence-electron chi connectivity index (χ2n) is 35.9. The molecule has 0 aliphatic rings. The number of hydrogen-bond donors (Lipinski definition) is 0. The Labute approximate surface area is 774 Å². The van der Waals surface area contributed by atoms with E-state index in [2.05, 4.69) is 419 Å². The van der Waals surface area contributed by atoms with Crippen LogP contribution in [0.2, 0.25) is 0 Å². The fourth-order valence-corrected chi connectivity index (χ4v) is 23.6. The van der Waals surface area contributed by atoms with E-state index in [1.165, 1.54) is 15.5 Å². The van der Waals surface area contributed by atoms with Crippen LogP contribution in [-0.4, -0.2) is 48.2 Å². The fourth-order valence-electron chi connectivity index (χ4n) is 22.5. The van der Waals surface area contributed by atoms with Crippen molar-refractivity contribution in [1.82, 2.24) is 48.2 Å². The van der Waals surface area contributed by atoms with Gasteiger partial charge in [0.05, 0.1) is 66.6 Å². The van der Waals surface area contributed by atoms with E-state index in [1.54, 1.807) is 11.3 Å². The number of nitrogens with zero attached hydrogens (tertiary/aromatic N) is 10. The molecular formula is C122H66N10O3S. The molecule has 0 aliphatic carbocycles. The standard InChI is InChI=1S/C122H66N10O3S/c1-4-27-71-61-104-91(57-68(71)24-1)83-36-15-17-39-96(83)129(104)102-55-52-89-94-66-90(78-31-9-10-38-87(78)114(94)135-116(89)113(102)120-124-118(76-46-50-86-85-37-16-22-44-109(85)136-110(86)65-76)126-122(128-120)132-99-42-20-13-34-81(99)82-35-14-21-43-100(82)132)74-48-56-106-92(60-74)84-49-45-75(64-107(84)133-106)117-123-119(127-121(125-117)131-97-40-18-11-32-79(97)80-33-12-19-41-98(80)131)112-103(54-51-88-93-58-69-25-3-6-29-73(69)63-108(93)134-115(88)112)130-101-53-47-67-23-7-8-30-77(67)111(101)95-59-70-26-2-5-28-72(70)62-105(95)130/h1-66H. The van der Waals surface area contributed by atoms with Crippen LogP contribution in [0.4, 0.5) is 0 Å². The molecule has 31 aromatic rings. The maximum atomic E-state index is 7.81. The SMILES string of the molecule is c1ccc2cc3c(cc2c1)oc1c(-c2nc(-c4ccc5c(c4)oc4ccc(-c6cc7c8ccc(-n9c%10ccccc%10c%10cc%11ccccc%11cc%109)c(-c9nc(-c%10ccc%11c(c%10)sc%10ccccc%10%11)nc(-n%10c%11ccccc%11c%11ccccc%11%10)n9)c8oc7c7ccccc67)cc45)nc(-n4c5ccccc5c5ccccc54)n2)c(-n2c4cc5ccccc5cc4c4c5ccccc5ccc42)ccc13. The van der Waals surface area contributed by atoms with E-state index in [1.807, 2.05) is 0 Å². The van der Waals surface area contributed by atoms with Crippen LogP contribution >= 0.6 is 11.3 Å². The molecule has 628 valence electrons. The molecular weight excluding hydrogens is 1690 g/mol. The normalized spacial score (nSPS) is 12.4. The Hall–Kier alpha value is -18.2. The van der Waals surface area contributed by atoms with Crippen molar-refractivity contribution in [2.75, 3.05) is 0 Å². The maximum Gasteiger partial charge on any atom is 0.238 e. The van der Waals surface area contributed by atoms with Crippen LogP contribution < -0.4 is 0 Å². The summed E-state index contributed by atoms with van der Waals surface area (Å²) >= 11 is 1.78. The Morgan fingerprint density at radius 2 is 0.603 bits per heavy atom. The summed E-state index contributed by atoms with van der Waals surface area (Å²) in [5, 5.41) is 28.0. The van der Waals surface area contributed by atoms with Crippen molar-refractivity contribution in [3.05, 3.63) is 400 Å². The molecule has 0 aliphatic heterocycles. The van der Waals surface area contributed by atoms with Crippen LogP contribution in [0, 0.1) is 0 Å². The number of aromatic nitrogens is 10. The Morgan fingerprint density at radius 3 is 1.21 bits per heavy atom. The van der Waals surface area contributed by atoms with Crippen LogP contribution in [0.25, 0.3) is 307 Å². The van der Waals surface area contributed by atoms with E-state index < -0.39 is 0 Å². The molecule has 13 nitrogen and oxygen atoms in total. The highest BCUT2D eigenvalue weighted by atomic mass is 32.1. The summed E-state index contributed by atoms with van der Waals surface area (Å²) in [6.07, 6.45) is 0. The highest BCUT2D eigenvalue weighted by Gasteiger charge is 2.32. The van der Waals surface area contributed by atoms with Gasteiger partial charge in [0, 0.05) is 112 Å². The van der Waals surface area contributed by atoms with Gasteiger partial charge in [0.25, 0.3) is 0 Å². The molecule has 14 heteroatoms. The van der Waals surface area contributed by atoms with Crippen LogP contribution in [-0.2, 0) is 0 Å². The van der Waals surface area contributed by atoms with Crippen molar-refractivity contribution in [2.24, 2.45) is 0 Å². The third-order valence-electron chi connectivity index (χ3n) is 28.6. The summed E-state index contributed by atoms with van der Waals surface area (Å²) in [5.41, 5.74) is 19.0. The molecule has 10 heterocycles. The Balaban J connectivity index is 0.618. The first-order valence-electron chi connectivity index (χ1n) is 45.8. The monoisotopic (exact) mass is 1750 g/mol. The molecule has 31 rings (SSSR count). The lowest BCUT2D eigenvalue weighted by Gasteiger charge is -2.16. The van der Waals surface area contributed by atoms with Gasteiger partial charge in [-0.05, 0) is 199 Å². The van der Waals surface area contributed by atoms with Crippen molar-refractivity contribution in [1.29, 1.82) is 0 Å². The Kier molecular flexibility index (Phi) is 15.0. The van der Waals surface area contributed by atoms with Crippen molar-refractivity contribution in [2.45, 2.75) is 0 Å². The average Bonchev–Trinajstić information content (AvgIpc) is 1.55. The van der Waals surface area contributed by atoms with Gasteiger partial charge in [-0.25, -0.2) is 9.97 Å². The minimum Gasteiger partial charge on any atom is -0.456 e. The van der Waals surface area contributed by atoms with Gasteiger partial charge < -0.3 is 22.4 Å². The predicted molar refractivity (Wildman–Crippen MR) is 560 cm³/mol. The van der Waals surface area contributed by atoms with Crippen LogP contribution in [0.5, 0.6) is 0 Å².